The van der Waals surface area contributed by atoms with E-state index >= 15 is 8.78 Å². The lowest BCUT2D eigenvalue weighted by Crippen LogP contribution is -2.71. The molecule has 3 saturated carbocycles. The minimum Gasteiger partial charge on any atom is -0.508 e. The van der Waals surface area contributed by atoms with E-state index in [1.54, 1.807) is 39.8 Å². The SMILES string of the molecule is CC(C)(C)NCC(O)c1ccc(O)c(CO)c1.CCC(=O)O[C@H]1C[C@@]2(C)[C@@H](C[C@@H](C)[C@]2(OC(=O)CC)C(=O)SCF)[C@@H]2C[C@H](F)C3=CC(=O)C=C[C@]3(C)[C@@]12F.FCC(F)(F)F. The Kier molecular flexibility index (Phi) is 16.9. The lowest BCUT2D eigenvalue weighted by atomic mass is 9.44. The second kappa shape index (κ2) is 19.9. The van der Waals surface area contributed by atoms with E-state index in [2.05, 4.69) is 5.32 Å². The van der Waals surface area contributed by atoms with Crippen molar-refractivity contribution in [1.29, 1.82) is 0 Å². The van der Waals surface area contributed by atoms with E-state index < -0.39 is 99.9 Å². The average Bonchev–Trinajstić information content (AvgIpc) is 3.41. The number of β-amino-alcohol motifs (C(OH)–C–C–N with tert-alkyl or cyclic N) is 1. The molecule has 0 spiro atoms. The highest BCUT2D eigenvalue weighted by molar-refractivity contribution is 8.13. The number of aliphatic hydroxyl groups is 2. The monoisotopic (exact) mass is 897 g/mol. The first-order valence-electron chi connectivity index (χ1n) is 20.1. The van der Waals surface area contributed by atoms with Gasteiger partial charge >= 0.3 is 18.1 Å². The largest absolute Gasteiger partial charge is 0.508 e. The summed E-state index contributed by atoms with van der Waals surface area (Å²) in [4.78, 5) is 51.0. The molecule has 4 N–H and O–H groups in total. The van der Waals surface area contributed by atoms with E-state index in [4.69, 9.17) is 14.6 Å². The highest BCUT2D eigenvalue weighted by atomic mass is 32.2. The number of carbonyl (C=O) groups is 4. The van der Waals surface area contributed by atoms with E-state index in [1.807, 2.05) is 20.8 Å². The molecule has 10 atom stereocenters. The third-order valence-corrected chi connectivity index (χ3v) is 13.1. The lowest BCUT2D eigenvalue weighted by molar-refractivity contribution is -0.237. The zero-order valence-corrected chi connectivity index (χ0v) is 36.5. The van der Waals surface area contributed by atoms with Gasteiger partial charge in [-0.05, 0) is 100 Å². The van der Waals surface area contributed by atoms with Gasteiger partial charge in [-0.25, -0.2) is 17.6 Å². The van der Waals surface area contributed by atoms with Gasteiger partial charge < -0.3 is 30.1 Å². The Morgan fingerprint density at radius 3 is 2.16 bits per heavy atom. The zero-order chi connectivity index (χ0) is 46.5. The quantitative estimate of drug-likeness (QED) is 0.133. The Bertz CT molecular complexity index is 1820. The van der Waals surface area contributed by atoms with Crippen LogP contribution in [0.2, 0.25) is 0 Å². The van der Waals surface area contributed by atoms with Crippen molar-refractivity contribution in [3.05, 3.63) is 53.1 Å². The van der Waals surface area contributed by atoms with Gasteiger partial charge in [0.1, 0.15) is 24.0 Å². The molecule has 61 heavy (non-hydrogen) atoms. The number of esters is 2. The number of ether oxygens (including phenoxy) is 2. The number of hydrogen-bond acceptors (Lipinski definition) is 11. The third-order valence-electron chi connectivity index (χ3n) is 12.4. The summed E-state index contributed by atoms with van der Waals surface area (Å²) >= 11 is 0.388. The molecule has 4 aliphatic carbocycles. The fourth-order valence-corrected chi connectivity index (χ4v) is 10.2. The number of aromatic hydroxyl groups is 1. The number of fused-ring (bicyclic) bond motifs is 5. The van der Waals surface area contributed by atoms with E-state index in [9.17, 15) is 51.3 Å². The van der Waals surface area contributed by atoms with Gasteiger partial charge in [0, 0.05) is 53.2 Å². The molecule has 4 aliphatic rings. The number of hydrogen-bond donors (Lipinski definition) is 4. The Morgan fingerprint density at radius 1 is 1.03 bits per heavy atom. The van der Waals surface area contributed by atoms with E-state index in [-0.39, 0.29) is 55.6 Å². The van der Waals surface area contributed by atoms with E-state index in [0.717, 1.165) is 6.08 Å². The molecule has 18 heteroatoms. The topological polar surface area (TPSA) is 159 Å². The number of halogens is 7. The van der Waals surface area contributed by atoms with Crippen LogP contribution in [0.5, 0.6) is 5.75 Å². The smallest absolute Gasteiger partial charge is 0.416 e. The molecule has 0 bridgehead atoms. The van der Waals surface area contributed by atoms with Crippen LogP contribution in [0.1, 0.15) is 105 Å². The summed E-state index contributed by atoms with van der Waals surface area (Å²) in [5.74, 6) is -4.06. The maximum atomic E-state index is 18.0. The molecule has 0 amide bonds. The summed E-state index contributed by atoms with van der Waals surface area (Å²) in [6.07, 6.45) is -5.01. The number of ketones is 1. The van der Waals surface area contributed by atoms with Gasteiger partial charge in [0.05, 0.1) is 12.7 Å². The predicted molar refractivity (Wildman–Crippen MR) is 214 cm³/mol. The Labute approximate surface area is 356 Å². The predicted octanol–water partition coefficient (Wildman–Crippen LogP) is 8.22. The first kappa shape index (κ1) is 51.9. The van der Waals surface area contributed by atoms with Crippen molar-refractivity contribution < 1.29 is 74.7 Å². The molecule has 1 aromatic rings. The number of thioether (sulfide) groups is 1. The molecule has 0 radical (unpaired) electrons. The van der Waals surface area contributed by atoms with Gasteiger partial charge in [-0.1, -0.05) is 39.8 Å². The van der Waals surface area contributed by atoms with Crippen LogP contribution in [0.25, 0.3) is 0 Å². The average molecular weight is 898 g/mol. The maximum Gasteiger partial charge on any atom is 0.416 e. The van der Waals surface area contributed by atoms with Crippen LogP contribution in [-0.4, -0.2) is 92.6 Å². The number of allylic oxidation sites excluding steroid dienone is 4. The van der Waals surface area contributed by atoms with Crippen molar-refractivity contribution in [2.75, 3.05) is 19.2 Å². The van der Waals surface area contributed by atoms with E-state index in [0.29, 0.717) is 29.4 Å². The summed E-state index contributed by atoms with van der Waals surface area (Å²) < 4.78 is 101. The highest BCUT2D eigenvalue weighted by Crippen LogP contribution is 2.72. The highest BCUT2D eigenvalue weighted by Gasteiger charge is 2.79. The molecule has 1 aromatic carbocycles. The number of alkyl halides is 7. The van der Waals surface area contributed by atoms with Crippen molar-refractivity contribution >= 4 is 34.6 Å². The van der Waals surface area contributed by atoms with Crippen molar-refractivity contribution in [3.63, 3.8) is 0 Å². The van der Waals surface area contributed by atoms with Crippen LogP contribution in [-0.2, 0) is 35.3 Å². The molecular formula is C43H58F7NO9S. The Balaban J connectivity index is 0.000000356. The lowest BCUT2D eigenvalue weighted by Gasteiger charge is -2.63. The van der Waals surface area contributed by atoms with Gasteiger partial charge in [0.15, 0.2) is 23.7 Å². The van der Waals surface area contributed by atoms with Crippen molar-refractivity contribution in [2.24, 2.45) is 28.6 Å². The molecule has 0 saturated heterocycles. The molecule has 0 aromatic heterocycles. The minimum atomic E-state index is -4.62. The summed E-state index contributed by atoms with van der Waals surface area (Å²) in [5.41, 5.74) is -5.94. The molecule has 0 aliphatic heterocycles. The fraction of sp³-hybridized carbons (Fsp3) is 0.674. The van der Waals surface area contributed by atoms with Crippen molar-refractivity contribution in [1.82, 2.24) is 5.32 Å². The van der Waals surface area contributed by atoms with Crippen LogP contribution < -0.4 is 5.32 Å². The molecule has 10 nitrogen and oxygen atoms in total. The Hall–Kier alpha value is -3.48. The first-order valence-corrected chi connectivity index (χ1v) is 21.1. The summed E-state index contributed by atoms with van der Waals surface area (Å²) in [6, 6.07) is 3.72. The van der Waals surface area contributed by atoms with Gasteiger partial charge in [0.25, 0.3) is 0 Å². The first-order chi connectivity index (χ1) is 28.2. The van der Waals surface area contributed by atoms with Crippen LogP contribution in [0, 0.1) is 28.6 Å². The van der Waals surface area contributed by atoms with Gasteiger partial charge in [0.2, 0.25) is 5.12 Å². The second-order valence-electron chi connectivity index (χ2n) is 17.4. The van der Waals surface area contributed by atoms with Crippen LogP contribution in [0.4, 0.5) is 30.7 Å². The van der Waals surface area contributed by atoms with E-state index in [1.165, 1.54) is 25.1 Å². The number of benzene rings is 1. The number of nitrogens with one attached hydrogen (secondary N) is 1. The molecule has 344 valence electrons. The number of aliphatic hydroxyl groups excluding tert-OH is 2. The Morgan fingerprint density at radius 2 is 1.64 bits per heavy atom. The standard InChI is InChI=1S/C28H35F3O6S.C13H21NO3.C2H2F4/c1-6-22(33)36-21-13-26(5)17(10-15(3)28(26,24(35)38-14-29)37-23(34)7-2)18-12-20(30)19-11-16(32)8-9-25(19,4)27(18,21)31;1-13(2,3)14-7-12(17)9-4-5-11(16)10(6-9)8-15;3-1-2(4,5)6/h8-9,11,15,17-18,20-21H,6-7,10,12-14H2,1-5H3;4-6,12,14-17H,7-8H2,1-3H3;1H2/t15-,17+,18+,20+,21+,25+,26+,27+,28+;;/m1../s1. The maximum absolute atomic E-state index is 18.0. The third kappa shape index (κ3) is 10.7. The number of rotatable bonds is 10. The van der Waals surface area contributed by atoms with Gasteiger partial charge in [-0.15, -0.1) is 0 Å². The summed E-state index contributed by atoms with van der Waals surface area (Å²) in [5, 5.41) is 30.9. The van der Waals surface area contributed by atoms with Crippen LogP contribution in [0.3, 0.4) is 0 Å². The van der Waals surface area contributed by atoms with Crippen LogP contribution in [0.15, 0.2) is 42.0 Å². The second-order valence-corrected chi connectivity index (χ2v) is 18.2. The van der Waals surface area contributed by atoms with Gasteiger partial charge in [-0.3, -0.25) is 19.2 Å². The number of phenols is 1. The van der Waals surface area contributed by atoms with Gasteiger partial charge in [-0.2, -0.15) is 13.2 Å². The normalized spacial score (nSPS) is 32.0. The molecule has 1 unspecified atom stereocenters. The molecule has 5 rings (SSSR count). The molecule has 0 heterocycles. The molecule has 3 fully saturated rings. The fourth-order valence-electron chi connectivity index (χ4n) is 9.42. The van der Waals surface area contributed by atoms with Crippen LogP contribution >= 0.6 is 11.8 Å². The van der Waals surface area contributed by atoms with Crippen molar-refractivity contribution in [3.8, 4) is 5.75 Å². The summed E-state index contributed by atoms with van der Waals surface area (Å²) in [7, 11) is 0. The number of carbonyl (C=O) groups excluding carboxylic acids is 4. The molecular weight excluding hydrogens is 840 g/mol. The zero-order valence-electron chi connectivity index (χ0n) is 35.6. The minimum absolute atomic E-state index is 0.00341. The van der Waals surface area contributed by atoms with Crippen molar-refractivity contribution in [2.45, 2.75) is 135 Å². The summed E-state index contributed by atoms with van der Waals surface area (Å²) in [6.45, 7) is 12.1.